The Kier molecular flexibility index (Phi) is 6.11. The Bertz CT molecular complexity index is 993. The summed E-state index contributed by atoms with van der Waals surface area (Å²) < 4.78 is 9.40. The molecular formula is C20H20N4O4. The second-order valence-corrected chi connectivity index (χ2v) is 6.06. The minimum atomic E-state index is -0.794. The van der Waals surface area contributed by atoms with Crippen molar-refractivity contribution in [1.29, 1.82) is 0 Å². The normalized spacial score (nSPS) is 11.6. The number of benzene rings is 2. The van der Waals surface area contributed by atoms with Gasteiger partial charge < -0.3 is 14.8 Å². The third-order valence-electron chi connectivity index (χ3n) is 4.26. The SMILES string of the molecule is COC(=O)CC[C@H](Nc1nncc(-c2ccc3ccccc3c2)n1)C(=O)OC. The monoisotopic (exact) mass is 380 g/mol. The molecule has 0 spiro atoms. The van der Waals surface area contributed by atoms with Gasteiger partial charge in [-0.2, -0.15) is 5.10 Å². The van der Waals surface area contributed by atoms with Gasteiger partial charge in [-0.05, 0) is 23.3 Å². The number of esters is 2. The lowest BCUT2D eigenvalue weighted by molar-refractivity contribution is -0.143. The fourth-order valence-corrected chi connectivity index (χ4v) is 2.76. The topological polar surface area (TPSA) is 103 Å². The van der Waals surface area contributed by atoms with Crippen molar-refractivity contribution in [3.8, 4) is 11.3 Å². The first-order valence-corrected chi connectivity index (χ1v) is 8.71. The Hall–Kier alpha value is -3.55. The zero-order valence-electron chi connectivity index (χ0n) is 15.6. The molecule has 1 atom stereocenters. The van der Waals surface area contributed by atoms with Gasteiger partial charge in [0.2, 0.25) is 5.95 Å². The average Bonchev–Trinajstić information content (AvgIpc) is 2.75. The number of ether oxygens (including phenoxy) is 2. The Morgan fingerprint density at radius 2 is 1.86 bits per heavy atom. The van der Waals surface area contributed by atoms with Crippen LogP contribution in [0.3, 0.4) is 0 Å². The summed E-state index contributed by atoms with van der Waals surface area (Å²) in [5.41, 5.74) is 1.49. The maximum absolute atomic E-state index is 12.0. The summed E-state index contributed by atoms with van der Waals surface area (Å²) in [5, 5.41) is 13.0. The van der Waals surface area contributed by atoms with Crippen molar-refractivity contribution < 1.29 is 19.1 Å². The van der Waals surface area contributed by atoms with E-state index in [1.807, 2.05) is 42.5 Å². The Morgan fingerprint density at radius 3 is 2.61 bits per heavy atom. The van der Waals surface area contributed by atoms with Gasteiger partial charge in [0.1, 0.15) is 6.04 Å². The lowest BCUT2D eigenvalue weighted by Gasteiger charge is -2.15. The first-order valence-electron chi connectivity index (χ1n) is 8.71. The van der Waals surface area contributed by atoms with Crippen molar-refractivity contribution in [2.24, 2.45) is 0 Å². The molecular weight excluding hydrogens is 360 g/mol. The number of aromatic nitrogens is 3. The summed E-state index contributed by atoms with van der Waals surface area (Å²) in [7, 11) is 2.57. The zero-order chi connectivity index (χ0) is 19.9. The van der Waals surface area contributed by atoms with Crippen molar-refractivity contribution in [3.63, 3.8) is 0 Å². The maximum Gasteiger partial charge on any atom is 0.328 e. The number of hydrogen-bond acceptors (Lipinski definition) is 8. The molecule has 0 saturated heterocycles. The van der Waals surface area contributed by atoms with E-state index in [2.05, 4.69) is 25.2 Å². The molecule has 0 unspecified atom stereocenters. The van der Waals surface area contributed by atoms with Crippen LogP contribution in [0.4, 0.5) is 5.95 Å². The van der Waals surface area contributed by atoms with Gasteiger partial charge in [0.25, 0.3) is 0 Å². The highest BCUT2D eigenvalue weighted by atomic mass is 16.5. The molecule has 0 amide bonds. The molecule has 0 saturated carbocycles. The summed E-state index contributed by atoms with van der Waals surface area (Å²) in [4.78, 5) is 27.8. The number of nitrogens with zero attached hydrogens (tertiary/aromatic N) is 3. The van der Waals surface area contributed by atoms with Crippen LogP contribution in [0.25, 0.3) is 22.0 Å². The van der Waals surface area contributed by atoms with Gasteiger partial charge in [0.05, 0.1) is 26.1 Å². The molecule has 8 heteroatoms. The second kappa shape index (κ2) is 8.90. The summed E-state index contributed by atoms with van der Waals surface area (Å²) >= 11 is 0. The molecule has 2 aromatic carbocycles. The van der Waals surface area contributed by atoms with E-state index in [0.29, 0.717) is 5.69 Å². The molecule has 1 aromatic heterocycles. The molecule has 28 heavy (non-hydrogen) atoms. The van der Waals surface area contributed by atoms with E-state index < -0.39 is 18.0 Å². The van der Waals surface area contributed by atoms with Crippen molar-refractivity contribution in [2.45, 2.75) is 18.9 Å². The molecule has 1 N–H and O–H groups in total. The van der Waals surface area contributed by atoms with Crippen LogP contribution in [0.2, 0.25) is 0 Å². The number of hydrogen-bond donors (Lipinski definition) is 1. The predicted octanol–water partition coefficient (Wildman–Crippen LogP) is 2.60. The van der Waals surface area contributed by atoms with Gasteiger partial charge in [0, 0.05) is 12.0 Å². The second-order valence-electron chi connectivity index (χ2n) is 6.06. The Balaban J connectivity index is 1.82. The molecule has 0 bridgehead atoms. The van der Waals surface area contributed by atoms with Crippen LogP contribution in [-0.2, 0) is 19.1 Å². The molecule has 0 fully saturated rings. The van der Waals surface area contributed by atoms with Gasteiger partial charge >= 0.3 is 11.9 Å². The fraction of sp³-hybridized carbons (Fsp3) is 0.250. The van der Waals surface area contributed by atoms with Gasteiger partial charge in [-0.15, -0.1) is 5.10 Å². The van der Waals surface area contributed by atoms with Gasteiger partial charge in [-0.3, -0.25) is 4.79 Å². The largest absolute Gasteiger partial charge is 0.469 e. The number of methoxy groups -OCH3 is 2. The first-order chi connectivity index (χ1) is 13.6. The van der Waals surface area contributed by atoms with Crippen LogP contribution >= 0.6 is 0 Å². The highest BCUT2D eigenvalue weighted by Crippen LogP contribution is 2.23. The highest BCUT2D eigenvalue weighted by Gasteiger charge is 2.22. The molecule has 0 aliphatic heterocycles. The zero-order valence-corrected chi connectivity index (χ0v) is 15.6. The summed E-state index contributed by atoms with van der Waals surface area (Å²) in [6, 6.07) is 13.2. The third-order valence-corrected chi connectivity index (χ3v) is 4.26. The number of rotatable bonds is 7. The van der Waals surface area contributed by atoms with Crippen LogP contribution in [-0.4, -0.2) is 47.4 Å². The summed E-state index contributed by atoms with van der Waals surface area (Å²) in [6.07, 6.45) is 1.79. The number of carbonyl (C=O) groups excluding carboxylic acids is 2. The van der Waals surface area contributed by atoms with Gasteiger partial charge in [-0.25, -0.2) is 9.78 Å². The molecule has 0 aliphatic rings. The van der Waals surface area contributed by atoms with E-state index >= 15 is 0 Å². The van der Waals surface area contributed by atoms with Crippen LogP contribution in [0.1, 0.15) is 12.8 Å². The first kappa shape index (κ1) is 19.2. The van der Waals surface area contributed by atoms with E-state index in [4.69, 9.17) is 4.74 Å². The molecule has 3 aromatic rings. The van der Waals surface area contributed by atoms with E-state index in [1.165, 1.54) is 14.2 Å². The lowest BCUT2D eigenvalue weighted by atomic mass is 10.1. The van der Waals surface area contributed by atoms with E-state index in [0.717, 1.165) is 16.3 Å². The minimum Gasteiger partial charge on any atom is -0.469 e. The molecule has 144 valence electrons. The third kappa shape index (κ3) is 4.59. The van der Waals surface area contributed by atoms with Crippen molar-refractivity contribution in [2.75, 3.05) is 19.5 Å². The van der Waals surface area contributed by atoms with Crippen molar-refractivity contribution in [3.05, 3.63) is 48.7 Å². The molecule has 0 aliphatic carbocycles. The lowest BCUT2D eigenvalue weighted by Crippen LogP contribution is -2.32. The van der Waals surface area contributed by atoms with Crippen LogP contribution < -0.4 is 5.32 Å². The average molecular weight is 380 g/mol. The van der Waals surface area contributed by atoms with Crippen molar-refractivity contribution >= 4 is 28.7 Å². The highest BCUT2D eigenvalue weighted by molar-refractivity contribution is 5.86. The quantitative estimate of drug-likeness (QED) is 0.624. The molecule has 8 nitrogen and oxygen atoms in total. The maximum atomic E-state index is 12.0. The fourth-order valence-electron chi connectivity index (χ4n) is 2.76. The van der Waals surface area contributed by atoms with Crippen LogP contribution in [0, 0.1) is 0 Å². The van der Waals surface area contributed by atoms with Crippen LogP contribution in [0.15, 0.2) is 48.7 Å². The predicted molar refractivity (Wildman–Crippen MR) is 103 cm³/mol. The number of anilines is 1. The van der Waals surface area contributed by atoms with Gasteiger partial charge in [-0.1, -0.05) is 36.4 Å². The summed E-state index contributed by atoms with van der Waals surface area (Å²) in [6.45, 7) is 0. The van der Waals surface area contributed by atoms with E-state index in [-0.39, 0.29) is 18.8 Å². The van der Waals surface area contributed by atoms with E-state index in [9.17, 15) is 9.59 Å². The minimum absolute atomic E-state index is 0.0566. The summed E-state index contributed by atoms with van der Waals surface area (Å²) in [5.74, 6) is -0.769. The van der Waals surface area contributed by atoms with Crippen LogP contribution in [0.5, 0.6) is 0 Å². The number of nitrogens with one attached hydrogen (secondary N) is 1. The Labute approximate surface area is 161 Å². The standard InChI is InChI=1S/C20H20N4O4/c1-27-18(25)10-9-16(19(26)28-2)22-20-23-17(12-21-24-20)15-8-7-13-5-3-4-6-14(13)11-15/h3-8,11-12,16H,9-10H2,1-2H3,(H,22,23,24)/t16-/m0/s1. The van der Waals surface area contributed by atoms with Gasteiger partial charge in [0.15, 0.2) is 0 Å². The number of fused-ring (bicyclic) bond motifs is 1. The molecule has 1 heterocycles. The van der Waals surface area contributed by atoms with Crippen molar-refractivity contribution in [1.82, 2.24) is 15.2 Å². The van der Waals surface area contributed by atoms with E-state index in [1.54, 1.807) is 6.20 Å². The Morgan fingerprint density at radius 1 is 1.07 bits per heavy atom. The number of carbonyl (C=O) groups is 2. The smallest absolute Gasteiger partial charge is 0.328 e. The molecule has 3 rings (SSSR count). The molecule has 0 radical (unpaired) electrons.